The number of amides is 2. The molecular weight excluding hydrogens is 309 g/mol. The van der Waals surface area contributed by atoms with Crippen LogP contribution in [0.1, 0.15) is 25.3 Å². The summed E-state index contributed by atoms with van der Waals surface area (Å²) < 4.78 is 13.6. The van der Waals surface area contributed by atoms with Gasteiger partial charge in [-0.25, -0.2) is 4.39 Å². The summed E-state index contributed by atoms with van der Waals surface area (Å²) in [7, 11) is 3.54. The SMILES string of the molecule is CC(C(=O)NCc1ccccc1F)N1CCC(C(=O)N(C)C)CC1. The molecule has 0 saturated carbocycles. The molecule has 0 aliphatic carbocycles. The lowest BCUT2D eigenvalue weighted by molar-refractivity contribution is -0.135. The maximum atomic E-state index is 13.6. The van der Waals surface area contributed by atoms with Crippen molar-refractivity contribution in [3.05, 3.63) is 35.6 Å². The second-order valence-electron chi connectivity index (χ2n) is 6.53. The molecule has 1 unspecified atom stereocenters. The number of hydrogen-bond donors (Lipinski definition) is 1. The van der Waals surface area contributed by atoms with Gasteiger partial charge in [-0.1, -0.05) is 18.2 Å². The van der Waals surface area contributed by atoms with Gasteiger partial charge in [0.15, 0.2) is 0 Å². The lowest BCUT2D eigenvalue weighted by Gasteiger charge is -2.35. The summed E-state index contributed by atoms with van der Waals surface area (Å²) >= 11 is 0. The third-order valence-corrected chi connectivity index (χ3v) is 4.66. The van der Waals surface area contributed by atoms with Crippen molar-refractivity contribution in [3.63, 3.8) is 0 Å². The number of rotatable bonds is 5. The maximum Gasteiger partial charge on any atom is 0.237 e. The number of likely N-dealkylation sites (tertiary alicyclic amines) is 1. The zero-order valence-corrected chi connectivity index (χ0v) is 14.6. The van der Waals surface area contributed by atoms with E-state index in [1.165, 1.54) is 6.07 Å². The van der Waals surface area contributed by atoms with Crippen LogP contribution < -0.4 is 5.32 Å². The van der Waals surface area contributed by atoms with Gasteiger partial charge in [0, 0.05) is 32.1 Å². The summed E-state index contributed by atoms with van der Waals surface area (Å²) in [6.45, 7) is 3.48. The number of piperidine rings is 1. The Morgan fingerprint density at radius 2 is 1.92 bits per heavy atom. The van der Waals surface area contributed by atoms with Gasteiger partial charge in [-0.05, 0) is 38.9 Å². The fraction of sp³-hybridized carbons (Fsp3) is 0.556. The van der Waals surface area contributed by atoms with Crippen molar-refractivity contribution in [2.75, 3.05) is 27.2 Å². The van der Waals surface area contributed by atoms with Gasteiger partial charge < -0.3 is 10.2 Å². The van der Waals surface area contributed by atoms with Crippen LogP contribution in [0, 0.1) is 11.7 Å². The van der Waals surface area contributed by atoms with Crippen LogP contribution in [0.15, 0.2) is 24.3 Å². The highest BCUT2D eigenvalue weighted by molar-refractivity contribution is 5.81. The molecule has 5 nitrogen and oxygen atoms in total. The summed E-state index contributed by atoms with van der Waals surface area (Å²) in [6, 6.07) is 6.14. The van der Waals surface area contributed by atoms with E-state index < -0.39 is 0 Å². The van der Waals surface area contributed by atoms with E-state index in [4.69, 9.17) is 0 Å². The van der Waals surface area contributed by atoms with Crippen molar-refractivity contribution in [3.8, 4) is 0 Å². The van der Waals surface area contributed by atoms with Gasteiger partial charge in [-0.15, -0.1) is 0 Å². The average molecular weight is 335 g/mol. The van der Waals surface area contributed by atoms with Gasteiger partial charge in [0.25, 0.3) is 0 Å². The summed E-state index contributed by atoms with van der Waals surface area (Å²) in [5.74, 6) is -0.222. The van der Waals surface area contributed by atoms with E-state index in [9.17, 15) is 14.0 Å². The first kappa shape index (κ1) is 18.4. The normalized spacial score (nSPS) is 17.3. The average Bonchev–Trinajstić information content (AvgIpc) is 2.59. The summed E-state index contributed by atoms with van der Waals surface area (Å²) in [5.41, 5.74) is 0.480. The number of halogens is 1. The van der Waals surface area contributed by atoms with Gasteiger partial charge in [0.2, 0.25) is 11.8 Å². The van der Waals surface area contributed by atoms with Gasteiger partial charge in [0.1, 0.15) is 5.82 Å². The van der Waals surface area contributed by atoms with Crippen LogP contribution in [-0.4, -0.2) is 54.8 Å². The topological polar surface area (TPSA) is 52.7 Å². The fourth-order valence-corrected chi connectivity index (χ4v) is 3.04. The molecule has 1 heterocycles. The standard InChI is InChI=1S/C18H26FN3O2/c1-13(17(23)20-12-15-6-4-5-7-16(15)19)22-10-8-14(9-11-22)18(24)21(2)3/h4-7,13-14H,8-12H2,1-3H3,(H,20,23). The summed E-state index contributed by atoms with van der Waals surface area (Å²) in [4.78, 5) is 28.0. The summed E-state index contributed by atoms with van der Waals surface area (Å²) in [6.07, 6.45) is 1.53. The number of carbonyl (C=O) groups is 2. The molecule has 0 aromatic heterocycles. The zero-order chi connectivity index (χ0) is 17.7. The van der Waals surface area contributed by atoms with Crippen LogP contribution in [-0.2, 0) is 16.1 Å². The lowest BCUT2D eigenvalue weighted by atomic mass is 9.94. The maximum absolute atomic E-state index is 13.6. The fourth-order valence-electron chi connectivity index (χ4n) is 3.04. The first-order valence-corrected chi connectivity index (χ1v) is 8.36. The predicted molar refractivity (Wildman–Crippen MR) is 90.7 cm³/mol. The minimum absolute atomic E-state index is 0.0462. The quantitative estimate of drug-likeness (QED) is 0.890. The zero-order valence-electron chi connectivity index (χ0n) is 14.6. The molecule has 1 aromatic carbocycles. The summed E-state index contributed by atoms with van der Waals surface area (Å²) in [5, 5.41) is 2.79. The molecule has 1 saturated heterocycles. The predicted octanol–water partition coefficient (Wildman–Crippen LogP) is 1.63. The van der Waals surface area contributed by atoms with Crippen molar-refractivity contribution in [1.29, 1.82) is 0 Å². The van der Waals surface area contributed by atoms with Crippen LogP contribution >= 0.6 is 0 Å². The van der Waals surface area contributed by atoms with Crippen molar-refractivity contribution in [2.24, 2.45) is 5.92 Å². The minimum Gasteiger partial charge on any atom is -0.351 e. The first-order chi connectivity index (χ1) is 11.4. The molecule has 0 bridgehead atoms. The van der Waals surface area contributed by atoms with Crippen molar-refractivity contribution in [1.82, 2.24) is 15.1 Å². The molecule has 2 rings (SSSR count). The first-order valence-electron chi connectivity index (χ1n) is 8.36. The van der Waals surface area contributed by atoms with E-state index in [1.807, 2.05) is 6.92 Å². The van der Waals surface area contributed by atoms with Gasteiger partial charge >= 0.3 is 0 Å². The largest absolute Gasteiger partial charge is 0.351 e. The van der Waals surface area contributed by atoms with Crippen molar-refractivity contribution >= 4 is 11.8 Å². The minimum atomic E-state index is -0.312. The van der Waals surface area contributed by atoms with E-state index in [2.05, 4.69) is 10.2 Å². The highest BCUT2D eigenvalue weighted by atomic mass is 19.1. The van der Waals surface area contributed by atoms with Crippen LogP contribution in [0.3, 0.4) is 0 Å². The molecule has 0 radical (unpaired) electrons. The Labute approximate surface area is 142 Å². The molecule has 2 amide bonds. The molecular formula is C18H26FN3O2. The number of hydrogen-bond acceptors (Lipinski definition) is 3. The van der Waals surface area contributed by atoms with Gasteiger partial charge in [0.05, 0.1) is 6.04 Å². The molecule has 132 valence electrons. The monoisotopic (exact) mass is 335 g/mol. The van der Waals surface area contributed by atoms with E-state index >= 15 is 0 Å². The van der Waals surface area contributed by atoms with Gasteiger partial charge in [-0.2, -0.15) is 0 Å². The molecule has 1 aromatic rings. The van der Waals surface area contributed by atoms with Crippen LogP contribution in [0.4, 0.5) is 4.39 Å². The third kappa shape index (κ3) is 4.54. The van der Waals surface area contributed by atoms with Crippen LogP contribution in [0.5, 0.6) is 0 Å². The Morgan fingerprint density at radius 3 is 2.50 bits per heavy atom. The molecule has 1 N–H and O–H groups in total. The number of nitrogens with one attached hydrogen (secondary N) is 1. The van der Waals surface area contributed by atoms with Crippen molar-refractivity contribution < 1.29 is 14.0 Å². The number of nitrogens with zero attached hydrogens (tertiary/aromatic N) is 2. The van der Waals surface area contributed by atoms with Crippen LogP contribution in [0.25, 0.3) is 0 Å². The molecule has 1 aliphatic heterocycles. The molecule has 0 spiro atoms. The molecule has 1 fully saturated rings. The third-order valence-electron chi connectivity index (χ3n) is 4.66. The van der Waals surface area contributed by atoms with E-state index in [0.717, 1.165) is 25.9 Å². The Kier molecular flexibility index (Phi) is 6.31. The van der Waals surface area contributed by atoms with Crippen molar-refractivity contribution in [2.45, 2.75) is 32.4 Å². The van der Waals surface area contributed by atoms with E-state index in [1.54, 1.807) is 37.2 Å². The molecule has 1 atom stereocenters. The molecule has 6 heteroatoms. The smallest absolute Gasteiger partial charge is 0.237 e. The highest BCUT2D eigenvalue weighted by Crippen LogP contribution is 2.20. The Bertz CT molecular complexity index is 583. The second-order valence-corrected chi connectivity index (χ2v) is 6.53. The lowest BCUT2D eigenvalue weighted by Crippen LogP contribution is -2.49. The highest BCUT2D eigenvalue weighted by Gasteiger charge is 2.30. The molecule has 1 aliphatic rings. The number of carbonyl (C=O) groups excluding carboxylic acids is 2. The Balaban J connectivity index is 1.82. The Morgan fingerprint density at radius 1 is 1.29 bits per heavy atom. The van der Waals surface area contributed by atoms with E-state index in [-0.39, 0.29) is 36.1 Å². The molecule has 24 heavy (non-hydrogen) atoms. The van der Waals surface area contributed by atoms with Crippen LogP contribution in [0.2, 0.25) is 0 Å². The second kappa shape index (κ2) is 8.24. The Hall–Kier alpha value is -1.95. The van der Waals surface area contributed by atoms with E-state index in [0.29, 0.717) is 5.56 Å². The number of benzene rings is 1. The van der Waals surface area contributed by atoms with Gasteiger partial charge in [-0.3, -0.25) is 14.5 Å².